The smallest absolute Gasteiger partial charge is 0.0897 e. The molecule has 29 heavy (non-hydrogen) atoms. The highest BCUT2D eigenvalue weighted by Crippen LogP contribution is 2.46. The number of hydrogen-bond donors (Lipinski definition) is 0. The molecular weight excluding hydrogens is 359 g/mol. The molecule has 2 heteroatoms. The summed E-state index contributed by atoms with van der Waals surface area (Å²) in [4.78, 5) is 0. The SMILES string of the molecule is COC(C)C1CCC(C2CCC(C3CCC(CC=CCCCF)CC3)CC2)CC1. The number of unbranched alkanes of at least 4 members (excludes halogenated alkanes) is 1. The lowest BCUT2D eigenvalue weighted by Gasteiger charge is -2.41. The quantitative estimate of drug-likeness (QED) is 0.277. The molecule has 3 aliphatic rings. The summed E-state index contributed by atoms with van der Waals surface area (Å²) in [5, 5.41) is 0. The topological polar surface area (TPSA) is 9.23 Å². The van der Waals surface area contributed by atoms with Crippen LogP contribution in [0.1, 0.15) is 103 Å². The van der Waals surface area contributed by atoms with E-state index in [-0.39, 0.29) is 6.67 Å². The normalized spacial score (nSPS) is 37.6. The zero-order valence-electron chi connectivity index (χ0n) is 19.3. The van der Waals surface area contributed by atoms with Gasteiger partial charge in [-0.15, -0.1) is 0 Å². The van der Waals surface area contributed by atoms with Gasteiger partial charge in [0.2, 0.25) is 0 Å². The van der Waals surface area contributed by atoms with Gasteiger partial charge in [0.15, 0.2) is 0 Å². The molecule has 3 fully saturated rings. The zero-order chi connectivity index (χ0) is 20.5. The van der Waals surface area contributed by atoms with Crippen molar-refractivity contribution >= 4 is 0 Å². The van der Waals surface area contributed by atoms with E-state index in [2.05, 4.69) is 19.1 Å². The number of rotatable bonds is 9. The number of allylic oxidation sites excluding steroid dienone is 2. The van der Waals surface area contributed by atoms with Crippen LogP contribution in [-0.2, 0) is 4.74 Å². The lowest BCUT2D eigenvalue weighted by molar-refractivity contribution is 0.0307. The van der Waals surface area contributed by atoms with Gasteiger partial charge < -0.3 is 4.74 Å². The van der Waals surface area contributed by atoms with Crippen molar-refractivity contribution in [2.75, 3.05) is 13.8 Å². The first-order chi connectivity index (χ1) is 14.2. The van der Waals surface area contributed by atoms with Crippen LogP contribution in [0, 0.1) is 35.5 Å². The fourth-order valence-electron chi connectivity index (χ4n) is 6.86. The molecule has 3 aliphatic carbocycles. The summed E-state index contributed by atoms with van der Waals surface area (Å²) in [6.07, 6.45) is 25.4. The van der Waals surface area contributed by atoms with Crippen molar-refractivity contribution in [3.63, 3.8) is 0 Å². The monoisotopic (exact) mass is 406 g/mol. The van der Waals surface area contributed by atoms with E-state index in [0.717, 1.165) is 41.9 Å². The second kappa shape index (κ2) is 12.5. The maximum Gasteiger partial charge on any atom is 0.0897 e. The van der Waals surface area contributed by atoms with Crippen LogP contribution in [0.25, 0.3) is 0 Å². The molecule has 0 aromatic carbocycles. The van der Waals surface area contributed by atoms with E-state index in [1.807, 2.05) is 7.11 Å². The van der Waals surface area contributed by atoms with Gasteiger partial charge in [-0.3, -0.25) is 4.39 Å². The number of hydrogen-bond acceptors (Lipinski definition) is 1. The number of halogens is 1. The van der Waals surface area contributed by atoms with E-state index in [4.69, 9.17) is 4.74 Å². The molecule has 0 aromatic rings. The van der Waals surface area contributed by atoms with Crippen molar-refractivity contribution in [2.24, 2.45) is 35.5 Å². The molecule has 0 aromatic heterocycles. The first kappa shape index (κ1) is 23.3. The minimum Gasteiger partial charge on any atom is -0.381 e. The Morgan fingerprint density at radius 3 is 1.72 bits per heavy atom. The van der Waals surface area contributed by atoms with Crippen LogP contribution in [0.15, 0.2) is 12.2 Å². The lowest BCUT2D eigenvalue weighted by Crippen LogP contribution is -2.31. The molecule has 0 heterocycles. The molecule has 0 radical (unpaired) electrons. The predicted octanol–water partition coefficient (Wildman–Crippen LogP) is 8.14. The fourth-order valence-corrected chi connectivity index (χ4v) is 6.86. The van der Waals surface area contributed by atoms with Crippen molar-refractivity contribution in [2.45, 2.75) is 109 Å². The highest BCUT2D eigenvalue weighted by Gasteiger charge is 2.35. The Balaban J connectivity index is 1.31. The molecule has 0 amide bonds. The molecule has 168 valence electrons. The molecule has 0 saturated heterocycles. The maximum atomic E-state index is 12.1. The van der Waals surface area contributed by atoms with E-state index in [1.54, 1.807) is 0 Å². The largest absolute Gasteiger partial charge is 0.381 e. The average Bonchev–Trinajstić information content (AvgIpc) is 2.79. The predicted molar refractivity (Wildman–Crippen MR) is 122 cm³/mol. The highest BCUT2D eigenvalue weighted by atomic mass is 19.1. The van der Waals surface area contributed by atoms with Crippen molar-refractivity contribution in [1.82, 2.24) is 0 Å². The van der Waals surface area contributed by atoms with E-state index < -0.39 is 0 Å². The van der Waals surface area contributed by atoms with Crippen molar-refractivity contribution < 1.29 is 9.13 Å². The summed E-state index contributed by atoms with van der Waals surface area (Å²) in [6.45, 7) is 2.08. The fraction of sp³-hybridized carbons (Fsp3) is 0.926. The van der Waals surface area contributed by atoms with Gasteiger partial charge in [0.25, 0.3) is 0 Å². The summed E-state index contributed by atoms with van der Waals surface area (Å²) in [6, 6.07) is 0. The Labute approximate surface area is 180 Å². The third-order valence-corrected chi connectivity index (χ3v) is 9.03. The van der Waals surface area contributed by atoms with Crippen LogP contribution in [0.4, 0.5) is 4.39 Å². The van der Waals surface area contributed by atoms with Crippen LogP contribution < -0.4 is 0 Å². The van der Waals surface area contributed by atoms with E-state index in [9.17, 15) is 4.39 Å². The second-order valence-corrected chi connectivity index (χ2v) is 10.6. The van der Waals surface area contributed by atoms with Gasteiger partial charge in [0.1, 0.15) is 0 Å². The van der Waals surface area contributed by atoms with E-state index in [0.29, 0.717) is 12.5 Å². The van der Waals surface area contributed by atoms with Crippen molar-refractivity contribution in [3.8, 4) is 0 Å². The van der Waals surface area contributed by atoms with Gasteiger partial charge in [-0.1, -0.05) is 12.2 Å². The van der Waals surface area contributed by atoms with Gasteiger partial charge >= 0.3 is 0 Å². The first-order valence-corrected chi connectivity index (χ1v) is 12.9. The number of ether oxygens (including phenoxy) is 1. The second-order valence-electron chi connectivity index (χ2n) is 10.6. The molecule has 0 aliphatic heterocycles. The van der Waals surface area contributed by atoms with Crippen LogP contribution in [0.5, 0.6) is 0 Å². The third-order valence-electron chi connectivity index (χ3n) is 9.03. The number of alkyl halides is 1. The molecule has 3 saturated carbocycles. The van der Waals surface area contributed by atoms with Gasteiger partial charge in [0, 0.05) is 7.11 Å². The third kappa shape index (κ3) is 7.08. The summed E-state index contributed by atoms with van der Waals surface area (Å²) >= 11 is 0. The summed E-state index contributed by atoms with van der Waals surface area (Å²) in [5.41, 5.74) is 0. The van der Waals surface area contributed by atoms with Crippen LogP contribution in [-0.4, -0.2) is 19.9 Å². The van der Waals surface area contributed by atoms with Crippen LogP contribution in [0.2, 0.25) is 0 Å². The molecule has 0 N–H and O–H groups in total. The van der Waals surface area contributed by atoms with Gasteiger partial charge in [0.05, 0.1) is 12.8 Å². The average molecular weight is 407 g/mol. The zero-order valence-corrected chi connectivity index (χ0v) is 19.3. The Hall–Kier alpha value is -0.370. The highest BCUT2D eigenvalue weighted by molar-refractivity contribution is 4.89. The summed E-state index contributed by atoms with van der Waals surface area (Å²) < 4.78 is 17.7. The van der Waals surface area contributed by atoms with Crippen molar-refractivity contribution in [3.05, 3.63) is 12.2 Å². The first-order valence-electron chi connectivity index (χ1n) is 12.9. The molecule has 0 spiro atoms. The number of methoxy groups -OCH3 is 1. The molecule has 1 nitrogen and oxygen atoms in total. The minimum atomic E-state index is -0.175. The maximum absolute atomic E-state index is 12.1. The lowest BCUT2D eigenvalue weighted by atomic mass is 9.64. The van der Waals surface area contributed by atoms with E-state index >= 15 is 0 Å². The summed E-state index contributed by atoms with van der Waals surface area (Å²) in [7, 11) is 1.87. The van der Waals surface area contributed by atoms with Crippen LogP contribution in [0.3, 0.4) is 0 Å². The Kier molecular flexibility index (Phi) is 10.0. The van der Waals surface area contributed by atoms with E-state index in [1.165, 1.54) is 83.5 Å². The molecular formula is C27H47FO. The molecule has 1 atom stereocenters. The van der Waals surface area contributed by atoms with Crippen LogP contribution >= 0.6 is 0 Å². The Bertz CT molecular complexity index is 451. The van der Waals surface area contributed by atoms with Gasteiger partial charge in [-0.05, 0) is 139 Å². The molecule has 1 unspecified atom stereocenters. The Morgan fingerprint density at radius 1 is 0.759 bits per heavy atom. The molecule has 0 bridgehead atoms. The summed E-state index contributed by atoms with van der Waals surface area (Å²) in [5.74, 6) is 5.78. The van der Waals surface area contributed by atoms with Gasteiger partial charge in [-0.2, -0.15) is 0 Å². The van der Waals surface area contributed by atoms with Gasteiger partial charge in [-0.25, -0.2) is 0 Å². The van der Waals surface area contributed by atoms with Crippen molar-refractivity contribution in [1.29, 1.82) is 0 Å². The Morgan fingerprint density at radius 2 is 1.24 bits per heavy atom. The molecule has 3 rings (SSSR count). The minimum absolute atomic E-state index is 0.175. The standard InChI is InChI=1S/C27H47FO/c1-21(29-2)23-12-14-25(15-13-23)27-18-16-26(17-19-27)24-10-8-22(9-11-24)7-5-3-4-6-20-28/h3,5,21-27H,4,6-20H2,1-2H3.